The number of carbonyl (C=O) groups is 2. The van der Waals surface area contributed by atoms with Crippen molar-refractivity contribution in [1.29, 1.82) is 0 Å². The number of esters is 1. The van der Waals surface area contributed by atoms with Crippen LogP contribution in [0, 0.1) is 5.41 Å². The quantitative estimate of drug-likeness (QED) is 0.695. The van der Waals surface area contributed by atoms with E-state index in [1.165, 1.54) is 0 Å². The number of hydrogen-bond donors (Lipinski definition) is 0. The van der Waals surface area contributed by atoms with Crippen LogP contribution in [-0.2, 0) is 25.5 Å². The number of amides is 1. The van der Waals surface area contributed by atoms with Gasteiger partial charge in [-0.05, 0) is 43.9 Å². The predicted molar refractivity (Wildman–Crippen MR) is 96.5 cm³/mol. The van der Waals surface area contributed by atoms with Crippen molar-refractivity contribution in [3.05, 3.63) is 34.9 Å². The van der Waals surface area contributed by atoms with Crippen LogP contribution in [0.4, 0.5) is 0 Å². The lowest BCUT2D eigenvalue weighted by Crippen LogP contribution is -2.51. The number of carbonyl (C=O) groups excluding carboxylic acids is 2. The molecule has 2 rings (SSSR count). The average molecular weight is 368 g/mol. The SMILES string of the molecule is CCOC(=O)[C@]1(Cc2cccc(Cl)c2)CCCN(C(=O)CCOC)C1. The first-order valence-electron chi connectivity index (χ1n) is 8.69. The maximum Gasteiger partial charge on any atom is 0.314 e. The molecule has 0 saturated carbocycles. The molecule has 0 unspecified atom stereocenters. The number of ether oxygens (including phenoxy) is 2. The summed E-state index contributed by atoms with van der Waals surface area (Å²) in [5.74, 6) is -0.222. The maximum atomic E-state index is 12.8. The van der Waals surface area contributed by atoms with Crippen molar-refractivity contribution in [2.45, 2.75) is 32.6 Å². The van der Waals surface area contributed by atoms with Gasteiger partial charge in [-0.15, -0.1) is 0 Å². The summed E-state index contributed by atoms with van der Waals surface area (Å²) in [5, 5.41) is 0.639. The van der Waals surface area contributed by atoms with E-state index in [4.69, 9.17) is 21.1 Å². The van der Waals surface area contributed by atoms with Gasteiger partial charge in [-0.2, -0.15) is 0 Å². The number of likely N-dealkylation sites (tertiary alicyclic amines) is 1. The highest BCUT2D eigenvalue weighted by molar-refractivity contribution is 6.30. The van der Waals surface area contributed by atoms with Gasteiger partial charge >= 0.3 is 5.97 Å². The van der Waals surface area contributed by atoms with Gasteiger partial charge in [-0.3, -0.25) is 9.59 Å². The number of hydrogen-bond acceptors (Lipinski definition) is 4. The van der Waals surface area contributed by atoms with Gasteiger partial charge < -0.3 is 14.4 Å². The topological polar surface area (TPSA) is 55.8 Å². The first-order chi connectivity index (χ1) is 12.0. The van der Waals surface area contributed by atoms with E-state index in [1.54, 1.807) is 18.9 Å². The molecule has 1 amide bonds. The van der Waals surface area contributed by atoms with Gasteiger partial charge in [-0.25, -0.2) is 0 Å². The average Bonchev–Trinajstić information content (AvgIpc) is 2.60. The monoisotopic (exact) mass is 367 g/mol. The molecule has 1 atom stereocenters. The molecule has 0 aromatic heterocycles. The van der Waals surface area contributed by atoms with Crippen LogP contribution in [0.3, 0.4) is 0 Å². The Balaban J connectivity index is 2.22. The Labute approximate surface area is 154 Å². The molecule has 1 saturated heterocycles. The third kappa shape index (κ3) is 5.19. The Bertz CT molecular complexity index is 607. The van der Waals surface area contributed by atoms with Gasteiger partial charge in [0.05, 0.1) is 25.0 Å². The molecule has 0 N–H and O–H groups in total. The molecule has 1 aromatic carbocycles. The molecule has 0 radical (unpaired) electrons. The van der Waals surface area contributed by atoms with Crippen LogP contribution in [0.1, 0.15) is 31.7 Å². The van der Waals surface area contributed by atoms with E-state index in [9.17, 15) is 9.59 Å². The number of halogens is 1. The zero-order chi connectivity index (χ0) is 18.3. The maximum absolute atomic E-state index is 12.8. The number of rotatable bonds is 7. The summed E-state index contributed by atoms with van der Waals surface area (Å²) >= 11 is 6.09. The van der Waals surface area contributed by atoms with Crippen LogP contribution in [0.5, 0.6) is 0 Å². The lowest BCUT2D eigenvalue weighted by atomic mass is 9.75. The molecule has 0 bridgehead atoms. The van der Waals surface area contributed by atoms with Gasteiger partial charge in [0.15, 0.2) is 0 Å². The summed E-state index contributed by atoms with van der Waals surface area (Å²) in [6.07, 6.45) is 2.32. The second-order valence-electron chi connectivity index (χ2n) is 6.47. The summed E-state index contributed by atoms with van der Waals surface area (Å²) in [7, 11) is 1.57. The molecule has 0 aliphatic carbocycles. The highest BCUT2D eigenvalue weighted by Crippen LogP contribution is 2.36. The first kappa shape index (κ1) is 19.7. The van der Waals surface area contributed by atoms with Crippen LogP contribution in [-0.4, -0.2) is 50.2 Å². The largest absolute Gasteiger partial charge is 0.466 e. The van der Waals surface area contributed by atoms with Crippen molar-refractivity contribution in [2.24, 2.45) is 5.41 Å². The van der Waals surface area contributed by atoms with Gasteiger partial charge in [0.1, 0.15) is 0 Å². The Morgan fingerprint density at radius 1 is 1.36 bits per heavy atom. The summed E-state index contributed by atoms with van der Waals surface area (Å²) in [5.41, 5.74) is 0.258. The van der Waals surface area contributed by atoms with E-state index < -0.39 is 5.41 Å². The van der Waals surface area contributed by atoms with Crippen molar-refractivity contribution in [3.8, 4) is 0 Å². The molecule has 1 aliphatic rings. The minimum absolute atomic E-state index is 0.0151. The summed E-state index contributed by atoms with van der Waals surface area (Å²) < 4.78 is 10.4. The lowest BCUT2D eigenvalue weighted by Gasteiger charge is -2.41. The second kappa shape index (κ2) is 9.20. The summed E-state index contributed by atoms with van der Waals surface area (Å²) in [6.45, 7) is 3.55. The third-order valence-corrected chi connectivity index (χ3v) is 4.82. The molecule has 0 spiro atoms. The van der Waals surface area contributed by atoms with Crippen molar-refractivity contribution in [2.75, 3.05) is 33.4 Å². The van der Waals surface area contributed by atoms with Crippen molar-refractivity contribution in [3.63, 3.8) is 0 Å². The van der Waals surface area contributed by atoms with E-state index in [-0.39, 0.29) is 11.9 Å². The highest BCUT2D eigenvalue weighted by Gasteiger charge is 2.44. The molecule has 25 heavy (non-hydrogen) atoms. The number of methoxy groups -OCH3 is 1. The van der Waals surface area contributed by atoms with E-state index in [0.717, 1.165) is 12.0 Å². The van der Waals surface area contributed by atoms with Crippen molar-refractivity contribution < 1.29 is 19.1 Å². The van der Waals surface area contributed by atoms with E-state index >= 15 is 0 Å². The first-order valence-corrected chi connectivity index (χ1v) is 9.07. The third-order valence-electron chi connectivity index (χ3n) is 4.59. The molecule has 138 valence electrons. The molecule has 1 aromatic rings. The van der Waals surface area contributed by atoms with Crippen molar-refractivity contribution in [1.82, 2.24) is 4.90 Å². The predicted octanol–water partition coefficient (Wildman–Crippen LogP) is 3.09. The van der Waals surface area contributed by atoms with E-state index in [2.05, 4.69) is 0 Å². The fourth-order valence-electron chi connectivity index (χ4n) is 3.40. The Hall–Kier alpha value is -1.59. The van der Waals surface area contributed by atoms with Gasteiger partial charge in [0.25, 0.3) is 0 Å². The number of nitrogens with zero attached hydrogens (tertiary/aromatic N) is 1. The zero-order valence-electron chi connectivity index (χ0n) is 14.9. The normalized spacial score (nSPS) is 20.4. The Morgan fingerprint density at radius 3 is 2.84 bits per heavy atom. The molecule has 1 aliphatic heterocycles. The van der Waals surface area contributed by atoms with E-state index in [0.29, 0.717) is 50.6 Å². The van der Waals surface area contributed by atoms with Crippen LogP contribution in [0.2, 0.25) is 5.02 Å². The highest BCUT2D eigenvalue weighted by atomic mass is 35.5. The summed E-state index contributed by atoms with van der Waals surface area (Å²) in [6, 6.07) is 7.51. The molecular weight excluding hydrogens is 342 g/mol. The fraction of sp³-hybridized carbons (Fsp3) is 0.579. The minimum Gasteiger partial charge on any atom is -0.466 e. The van der Waals surface area contributed by atoms with Crippen molar-refractivity contribution >= 4 is 23.5 Å². The second-order valence-corrected chi connectivity index (χ2v) is 6.91. The fourth-order valence-corrected chi connectivity index (χ4v) is 3.61. The summed E-state index contributed by atoms with van der Waals surface area (Å²) in [4.78, 5) is 26.9. The van der Waals surface area contributed by atoms with Gasteiger partial charge in [0.2, 0.25) is 5.91 Å². The standard InChI is InChI=1S/C19H26ClNO4/c1-3-25-18(23)19(13-15-6-4-7-16(20)12-15)9-5-10-21(14-19)17(22)8-11-24-2/h4,6-7,12H,3,5,8-11,13-14H2,1-2H3/t19-/m0/s1. The number of piperidine rings is 1. The Morgan fingerprint density at radius 2 is 2.16 bits per heavy atom. The smallest absolute Gasteiger partial charge is 0.314 e. The van der Waals surface area contributed by atoms with Gasteiger partial charge in [-0.1, -0.05) is 23.7 Å². The lowest BCUT2D eigenvalue weighted by molar-refractivity contribution is -0.161. The zero-order valence-corrected chi connectivity index (χ0v) is 15.7. The van der Waals surface area contributed by atoms with Crippen LogP contribution in [0.15, 0.2) is 24.3 Å². The Kier molecular flexibility index (Phi) is 7.26. The van der Waals surface area contributed by atoms with Gasteiger partial charge in [0, 0.05) is 25.2 Å². The molecule has 1 heterocycles. The van der Waals surface area contributed by atoms with Crippen LogP contribution in [0.25, 0.3) is 0 Å². The molecule has 1 fully saturated rings. The van der Waals surface area contributed by atoms with E-state index in [1.807, 2.05) is 24.3 Å². The molecular formula is C19H26ClNO4. The molecule has 5 nitrogen and oxygen atoms in total. The molecule has 6 heteroatoms. The van der Waals surface area contributed by atoms with Crippen LogP contribution >= 0.6 is 11.6 Å². The minimum atomic E-state index is -0.721. The van der Waals surface area contributed by atoms with Crippen LogP contribution < -0.4 is 0 Å². The number of benzene rings is 1.